The minimum absolute atomic E-state index is 0.00579. The van der Waals surface area contributed by atoms with Gasteiger partial charge in [0.2, 0.25) is 11.8 Å². The number of hydrogen-bond acceptors (Lipinski definition) is 2. The van der Waals surface area contributed by atoms with E-state index in [4.69, 9.17) is 5.73 Å². The third-order valence-electron chi connectivity index (χ3n) is 3.33. The van der Waals surface area contributed by atoms with Gasteiger partial charge in [-0.05, 0) is 12.8 Å². The Labute approximate surface area is 76.9 Å². The summed E-state index contributed by atoms with van der Waals surface area (Å²) < 4.78 is 0. The summed E-state index contributed by atoms with van der Waals surface area (Å²) in [5.41, 5.74) is 4.81. The van der Waals surface area contributed by atoms with Crippen molar-refractivity contribution in [1.29, 1.82) is 0 Å². The SMILES string of the molecule is NC(=O)C12CCCCC1NC(=O)C2. The average Bonchev–Trinajstić information content (AvgIpc) is 2.41. The summed E-state index contributed by atoms with van der Waals surface area (Å²) in [6.07, 6.45) is 4.06. The first-order valence-corrected chi connectivity index (χ1v) is 4.74. The largest absolute Gasteiger partial charge is 0.369 e. The summed E-state index contributed by atoms with van der Waals surface area (Å²) in [4.78, 5) is 22.5. The molecule has 0 aromatic heterocycles. The fourth-order valence-electron chi connectivity index (χ4n) is 2.58. The van der Waals surface area contributed by atoms with Crippen molar-refractivity contribution in [3.05, 3.63) is 0 Å². The first-order chi connectivity index (χ1) is 6.15. The standard InChI is InChI=1S/C9H14N2O2/c10-8(13)9-4-2-1-3-6(9)11-7(12)5-9/h6H,1-5H2,(H2,10,13)(H,11,12). The van der Waals surface area contributed by atoms with Gasteiger partial charge in [-0.2, -0.15) is 0 Å². The molecule has 1 heterocycles. The molecule has 72 valence electrons. The predicted molar refractivity (Wildman–Crippen MR) is 46.6 cm³/mol. The number of nitrogens with one attached hydrogen (secondary N) is 1. The fraction of sp³-hybridized carbons (Fsp3) is 0.778. The monoisotopic (exact) mass is 182 g/mol. The molecule has 0 bridgehead atoms. The molecule has 2 aliphatic rings. The van der Waals surface area contributed by atoms with E-state index in [1.54, 1.807) is 0 Å². The van der Waals surface area contributed by atoms with Crippen LogP contribution in [0, 0.1) is 5.41 Å². The lowest BCUT2D eigenvalue weighted by Crippen LogP contribution is -2.48. The molecule has 0 aromatic rings. The highest BCUT2D eigenvalue weighted by Crippen LogP contribution is 2.42. The molecule has 0 radical (unpaired) electrons. The Bertz CT molecular complexity index is 264. The number of carbonyl (C=O) groups is 2. The molecular weight excluding hydrogens is 168 g/mol. The summed E-state index contributed by atoms with van der Waals surface area (Å²) in [6.45, 7) is 0. The number of nitrogens with two attached hydrogens (primary N) is 1. The molecule has 0 aromatic carbocycles. The molecule has 1 saturated carbocycles. The van der Waals surface area contributed by atoms with E-state index in [1.807, 2.05) is 0 Å². The molecule has 2 rings (SSSR count). The molecule has 3 N–H and O–H groups in total. The summed E-state index contributed by atoms with van der Waals surface area (Å²) in [5.74, 6) is -0.332. The number of carbonyl (C=O) groups excluding carboxylic acids is 2. The average molecular weight is 182 g/mol. The number of rotatable bonds is 1. The van der Waals surface area contributed by atoms with Gasteiger partial charge in [0.25, 0.3) is 0 Å². The van der Waals surface area contributed by atoms with E-state index in [0.29, 0.717) is 6.42 Å². The molecule has 2 amide bonds. The van der Waals surface area contributed by atoms with Crippen LogP contribution in [0.3, 0.4) is 0 Å². The van der Waals surface area contributed by atoms with Crippen LogP contribution in [0.2, 0.25) is 0 Å². The van der Waals surface area contributed by atoms with Crippen molar-refractivity contribution in [3.63, 3.8) is 0 Å². The maximum Gasteiger partial charge on any atom is 0.226 e. The molecule has 4 heteroatoms. The Balaban J connectivity index is 2.29. The molecule has 1 saturated heterocycles. The number of amides is 2. The van der Waals surface area contributed by atoms with Gasteiger partial charge < -0.3 is 11.1 Å². The van der Waals surface area contributed by atoms with Crippen LogP contribution in [-0.4, -0.2) is 17.9 Å². The fourth-order valence-corrected chi connectivity index (χ4v) is 2.58. The lowest BCUT2D eigenvalue weighted by Gasteiger charge is -2.34. The van der Waals surface area contributed by atoms with Crippen molar-refractivity contribution >= 4 is 11.8 Å². The van der Waals surface area contributed by atoms with Crippen molar-refractivity contribution in [1.82, 2.24) is 5.32 Å². The van der Waals surface area contributed by atoms with Crippen LogP contribution in [0.4, 0.5) is 0 Å². The summed E-state index contributed by atoms with van der Waals surface area (Å²) in [5, 5.41) is 2.84. The zero-order chi connectivity index (χ0) is 9.47. The van der Waals surface area contributed by atoms with E-state index in [2.05, 4.69) is 5.32 Å². The van der Waals surface area contributed by atoms with Crippen molar-refractivity contribution in [2.45, 2.75) is 38.1 Å². The van der Waals surface area contributed by atoms with E-state index in [9.17, 15) is 9.59 Å². The topological polar surface area (TPSA) is 72.2 Å². The van der Waals surface area contributed by atoms with Crippen LogP contribution in [0.25, 0.3) is 0 Å². The summed E-state index contributed by atoms with van der Waals surface area (Å²) in [7, 11) is 0. The Kier molecular flexibility index (Phi) is 1.78. The summed E-state index contributed by atoms with van der Waals surface area (Å²) in [6, 6.07) is 0.00579. The normalized spacial score (nSPS) is 38.2. The van der Waals surface area contributed by atoms with Crippen LogP contribution in [0.5, 0.6) is 0 Å². The number of primary amides is 1. The first kappa shape index (κ1) is 8.53. The van der Waals surface area contributed by atoms with Crippen LogP contribution in [0.15, 0.2) is 0 Å². The maximum atomic E-state index is 11.3. The van der Waals surface area contributed by atoms with Crippen LogP contribution in [0.1, 0.15) is 32.1 Å². The van der Waals surface area contributed by atoms with Gasteiger partial charge in [0.05, 0.1) is 5.41 Å². The van der Waals surface area contributed by atoms with Crippen molar-refractivity contribution < 1.29 is 9.59 Å². The molecular formula is C9H14N2O2. The van der Waals surface area contributed by atoms with E-state index in [0.717, 1.165) is 25.7 Å². The minimum Gasteiger partial charge on any atom is -0.369 e. The third-order valence-corrected chi connectivity index (χ3v) is 3.33. The highest BCUT2D eigenvalue weighted by molar-refractivity contribution is 5.92. The Morgan fingerprint density at radius 2 is 2.31 bits per heavy atom. The molecule has 1 aliphatic carbocycles. The van der Waals surface area contributed by atoms with Gasteiger partial charge in [0.15, 0.2) is 0 Å². The second kappa shape index (κ2) is 2.72. The molecule has 2 fully saturated rings. The lowest BCUT2D eigenvalue weighted by atomic mass is 9.70. The van der Waals surface area contributed by atoms with Gasteiger partial charge in [-0.3, -0.25) is 9.59 Å². The van der Waals surface area contributed by atoms with Crippen LogP contribution >= 0.6 is 0 Å². The highest BCUT2D eigenvalue weighted by Gasteiger charge is 2.52. The second-order valence-electron chi connectivity index (χ2n) is 4.06. The Morgan fingerprint density at radius 1 is 1.54 bits per heavy atom. The third kappa shape index (κ3) is 1.12. The smallest absolute Gasteiger partial charge is 0.226 e. The highest BCUT2D eigenvalue weighted by atomic mass is 16.2. The van der Waals surface area contributed by atoms with E-state index < -0.39 is 5.41 Å². The van der Waals surface area contributed by atoms with Crippen molar-refractivity contribution in [2.24, 2.45) is 11.1 Å². The van der Waals surface area contributed by atoms with Crippen LogP contribution < -0.4 is 11.1 Å². The lowest BCUT2D eigenvalue weighted by molar-refractivity contribution is -0.131. The van der Waals surface area contributed by atoms with E-state index >= 15 is 0 Å². The van der Waals surface area contributed by atoms with Gasteiger partial charge in [0, 0.05) is 12.5 Å². The van der Waals surface area contributed by atoms with Gasteiger partial charge >= 0.3 is 0 Å². The zero-order valence-electron chi connectivity index (χ0n) is 7.51. The first-order valence-electron chi connectivity index (χ1n) is 4.74. The second-order valence-corrected chi connectivity index (χ2v) is 4.06. The Hall–Kier alpha value is -1.06. The van der Waals surface area contributed by atoms with E-state index in [-0.39, 0.29) is 17.9 Å². The molecule has 13 heavy (non-hydrogen) atoms. The van der Waals surface area contributed by atoms with Gasteiger partial charge in [-0.1, -0.05) is 12.8 Å². The molecule has 0 spiro atoms. The van der Waals surface area contributed by atoms with Gasteiger partial charge in [0.1, 0.15) is 0 Å². The van der Waals surface area contributed by atoms with Gasteiger partial charge in [-0.25, -0.2) is 0 Å². The molecule has 1 aliphatic heterocycles. The molecule has 2 unspecified atom stereocenters. The van der Waals surface area contributed by atoms with Gasteiger partial charge in [-0.15, -0.1) is 0 Å². The van der Waals surface area contributed by atoms with Crippen LogP contribution in [-0.2, 0) is 9.59 Å². The quantitative estimate of drug-likeness (QED) is 0.595. The summed E-state index contributed by atoms with van der Waals surface area (Å²) >= 11 is 0. The molecule has 2 atom stereocenters. The van der Waals surface area contributed by atoms with Crippen molar-refractivity contribution in [3.8, 4) is 0 Å². The predicted octanol–water partition coefficient (Wildman–Crippen LogP) is -0.0794. The van der Waals surface area contributed by atoms with E-state index in [1.165, 1.54) is 0 Å². The maximum absolute atomic E-state index is 11.3. The Morgan fingerprint density at radius 3 is 2.92 bits per heavy atom. The van der Waals surface area contributed by atoms with Crippen molar-refractivity contribution in [2.75, 3.05) is 0 Å². The number of hydrogen-bond donors (Lipinski definition) is 2. The molecule has 4 nitrogen and oxygen atoms in total. The zero-order valence-corrected chi connectivity index (χ0v) is 7.51. The number of fused-ring (bicyclic) bond motifs is 1. The minimum atomic E-state index is -0.560.